The third-order valence-electron chi connectivity index (χ3n) is 3.62. The maximum atomic E-state index is 11.4. The lowest BCUT2D eigenvalue weighted by atomic mass is 9.80. The van der Waals surface area contributed by atoms with Gasteiger partial charge in [0.05, 0.1) is 5.60 Å². The summed E-state index contributed by atoms with van der Waals surface area (Å²) in [5.74, 6) is 0.176. The Bertz CT molecular complexity index is 242. The second-order valence-electron chi connectivity index (χ2n) is 5.01. The second-order valence-corrected chi connectivity index (χ2v) is 5.01. The molecule has 0 aromatic heterocycles. The predicted octanol–water partition coefficient (Wildman–Crippen LogP) is 0.814. The molecule has 4 heteroatoms. The van der Waals surface area contributed by atoms with E-state index in [-0.39, 0.29) is 11.5 Å². The van der Waals surface area contributed by atoms with Gasteiger partial charge in [0.1, 0.15) is 0 Å². The minimum atomic E-state index is 0.0625. The summed E-state index contributed by atoms with van der Waals surface area (Å²) in [6.07, 6.45) is 6.45. The Kier molecular flexibility index (Phi) is 3.82. The van der Waals surface area contributed by atoms with Crippen LogP contribution in [0.5, 0.6) is 0 Å². The largest absolute Gasteiger partial charge is 0.377 e. The minimum absolute atomic E-state index is 0.0625. The van der Waals surface area contributed by atoms with Crippen LogP contribution in [0, 0.1) is 0 Å². The maximum absolute atomic E-state index is 11.4. The summed E-state index contributed by atoms with van der Waals surface area (Å²) < 4.78 is 5.49. The van der Waals surface area contributed by atoms with Crippen LogP contribution in [0.3, 0.4) is 0 Å². The fourth-order valence-electron chi connectivity index (χ4n) is 2.07. The molecule has 2 aliphatic carbocycles. The molecule has 1 amide bonds. The van der Waals surface area contributed by atoms with Crippen molar-refractivity contribution in [3.05, 3.63) is 0 Å². The van der Waals surface area contributed by atoms with Gasteiger partial charge in [0.15, 0.2) is 0 Å². The van der Waals surface area contributed by atoms with Gasteiger partial charge in [0.25, 0.3) is 0 Å². The number of hydrogen-bond donors (Lipinski definition) is 2. The highest BCUT2D eigenvalue weighted by Gasteiger charge is 2.36. The summed E-state index contributed by atoms with van der Waals surface area (Å²) in [7, 11) is 1.78. The Balaban J connectivity index is 1.52. The van der Waals surface area contributed by atoms with Crippen molar-refractivity contribution < 1.29 is 9.53 Å². The topological polar surface area (TPSA) is 50.4 Å². The number of amides is 1. The van der Waals surface area contributed by atoms with Crippen molar-refractivity contribution in [2.45, 2.75) is 50.2 Å². The molecule has 4 nitrogen and oxygen atoms in total. The van der Waals surface area contributed by atoms with Crippen LogP contribution < -0.4 is 10.6 Å². The molecule has 2 rings (SSSR count). The van der Waals surface area contributed by atoms with Crippen molar-refractivity contribution in [1.82, 2.24) is 10.6 Å². The molecule has 0 spiro atoms. The van der Waals surface area contributed by atoms with Gasteiger partial charge in [-0.2, -0.15) is 0 Å². The third-order valence-corrected chi connectivity index (χ3v) is 3.62. The van der Waals surface area contributed by atoms with E-state index in [1.165, 1.54) is 6.42 Å². The third kappa shape index (κ3) is 3.19. The SMILES string of the molecule is COC1(CNCCC(=O)NC2CC2)CCC1. The van der Waals surface area contributed by atoms with Crippen LogP contribution >= 0.6 is 0 Å². The van der Waals surface area contributed by atoms with Gasteiger partial charge in [-0.3, -0.25) is 4.79 Å². The number of carbonyl (C=O) groups is 1. The van der Waals surface area contributed by atoms with E-state index in [4.69, 9.17) is 4.74 Å². The number of carbonyl (C=O) groups excluding carboxylic acids is 1. The first-order chi connectivity index (χ1) is 7.74. The lowest BCUT2D eigenvalue weighted by Crippen LogP contribution is -2.48. The van der Waals surface area contributed by atoms with Crippen molar-refractivity contribution in [3.63, 3.8) is 0 Å². The normalized spacial score (nSPS) is 22.6. The van der Waals surface area contributed by atoms with E-state index in [9.17, 15) is 4.79 Å². The summed E-state index contributed by atoms with van der Waals surface area (Å²) in [5.41, 5.74) is 0.0625. The predicted molar refractivity (Wildman–Crippen MR) is 62.2 cm³/mol. The lowest BCUT2D eigenvalue weighted by Gasteiger charge is -2.40. The first-order valence-electron chi connectivity index (χ1n) is 6.29. The van der Waals surface area contributed by atoms with E-state index in [0.717, 1.165) is 38.8 Å². The molecule has 0 aliphatic heterocycles. The number of rotatable bonds is 7. The molecule has 0 aromatic carbocycles. The molecule has 92 valence electrons. The molecule has 0 atom stereocenters. The van der Waals surface area contributed by atoms with Crippen LogP contribution in [0.25, 0.3) is 0 Å². The number of hydrogen-bond acceptors (Lipinski definition) is 3. The monoisotopic (exact) mass is 226 g/mol. The highest BCUT2D eigenvalue weighted by Crippen LogP contribution is 2.34. The summed E-state index contributed by atoms with van der Waals surface area (Å²) in [6.45, 7) is 1.63. The van der Waals surface area contributed by atoms with Crippen molar-refractivity contribution in [1.29, 1.82) is 0 Å². The van der Waals surface area contributed by atoms with Gasteiger partial charge >= 0.3 is 0 Å². The van der Waals surface area contributed by atoms with Gasteiger partial charge in [-0.15, -0.1) is 0 Å². The molecular formula is C12H22N2O2. The summed E-state index contributed by atoms with van der Waals surface area (Å²) in [5, 5.41) is 6.30. The molecule has 0 bridgehead atoms. The van der Waals surface area contributed by atoms with E-state index in [1.54, 1.807) is 7.11 Å². The van der Waals surface area contributed by atoms with E-state index in [0.29, 0.717) is 12.5 Å². The van der Waals surface area contributed by atoms with Crippen molar-refractivity contribution in [2.75, 3.05) is 20.2 Å². The van der Waals surface area contributed by atoms with Gasteiger partial charge in [0, 0.05) is 32.7 Å². The molecule has 2 aliphatic rings. The average Bonchev–Trinajstić information content (AvgIpc) is 2.99. The number of methoxy groups -OCH3 is 1. The fraction of sp³-hybridized carbons (Fsp3) is 0.917. The Morgan fingerprint density at radius 1 is 1.44 bits per heavy atom. The van der Waals surface area contributed by atoms with Gasteiger partial charge in [-0.1, -0.05) is 0 Å². The van der Waals surface area contributed by atoms with Gasteiger partial charge in [0.2, 0.25) is 5.91 Å². The Morgan fingerprint density at radius 3 is 2.69 bits per heavy atom. The van der Waals surface area contributed by atoms with Gasteiger partial charge in [-0.25, -0.2) is 0 Å². The Morgan fingerprint density at radius 2 is 2.19 bits per heavy atom. The van der Waals surface area contributed by atoms with E-state index in [2.05, 4.69) is 10.6 Å². The van der Waals surface area contributed by atoms with Gasteiger partial charge < -0.3 is 15.4 Å². The summed E-state index contributed by atoms with van der Waals surface area (Å²) >= 11 is 0. The van der Waals surface area contributed by atoms with Crippen LogP contribution in [0.2, 0.25) is 0 Å². The Labute approximate surface area is 97.1 Å². The molecule has 2 N–H and O–H groups in total. The van der Waals surface area contributed by atoms with Crippen LogP contribution in [0.1, 0.15) is 38.5 Å². The fourth-order valence-corrected chi connectivity index (χ4v) is 2.07. The average molecular weight is 226 g/mol. The van der Waals surface area contributed by atoms with Crippen molar-refractivity contribution >= 4 is 5.91 Å². The zero-order chi connectivity index (χ0) is 11.4. The van der Waals surface area contributed by atoms with E-state index < -0.39 is 0 Å². The summed E-state index contributed by atoms with van der Waals surface area (Å²) in [6, 6.07) is 0.476. The molecule has 0 radical (unpaired) electrons. The first-order valence-corrected chi connectivity index (χ1v) is 6.29. The zero-order valence-electron chi connectivity index (χ0n) is 10.1. The second kappa shape index (κ2) is 5.15. The molecule has 0 saturated heterocycles. The zero-order valence-corrected chi connectivity index (χ0v) is 10.1. The Hall–Kier alpha value is -0.610. The summed E-state index contributed by atoms with van der Waals surface area (Å²) in [4.78, 5) is 11.4. The molecule has 2 fully saturated rings. The molecular weight excluding hydrogens is 204 g/mol. The molecule has 0 heterocycles. The quantitative estimate of drug-likeness (QED) is 0.632. The lowest BCUT2D eigenvalue weighted by molar-refractivity contribution is -0.121. The minimum Gasteiger partial charge on any atom is -0.377 e. The first kappa shape index (κ1) is 11.9. The standard InChI is InChI=1S/C12H22N2O2/c1-16-12(6-2-7-12)9-13-8-5-11(15)14-10-3-4-10/h10,13H,2-9H2,1H3,(H,14,15). The van der Waals surface area contributed by atoms with E-state index in [1.807, 2.05) is 0 Å². The van der Waals surface area contributed by atoms with Crippen molar-refractivity contribution in [3.8, 4) is 0 Å². The van der Waals surface area contributed by atoms with Crippen LogP contribution in [-0.2, 0) is 9.53 Å². The smallest absolute Gasteiger partial charge is 0.221 e. The van der Waals surface area contributed by atoms with Crippen LogP contribution in [0.15, 0.2) is 0 Å². The van der Waals surface area contributed by atoms with Crippen molar-refractivity contribution in [2.24, 2.45) is 0 Å². The van der Waals surface area contributed by atoms with Crippen LogP contribution in [0.4, 0.5) is 0 Å². The van der Waals surface area contributed by atoms with Crippen LogP contribution in [-0.4, -0.2) is 37.7 Å². The maximum Gasteiger partial charge on any atom is 0.221 e. The van der Waals surface area contributed by atoms with E-state index >= 15 is 0 Å². The molecule has 16 heavy (non-hydrogen) atoms. The highest BCUT2D eigenvalue weighted by atomic mass is 16.5. The molecule has 2 saturated carbocycles. The highest BCUT2D eigenvalue weighted by molar-refractivity contribution is 5.76. The molecule has 0 aromatic rings. The molecule has 0 unspecified atom stereocenters. The number of ether oxygens (including phenoxy) is 1. The van der Waals surface area contributed by atoms with Gasteiger partial charge in [-0.05, 0) is 32.1 Å². The number of nitrogens with one attached hydrogen (secondary N) is 2.